The molecule has 0 aromatic heterocycles. The smallest absolute Gasteiger partial charge is 0.308 e. The van der Waals surface area contributed by atoms with Crippen molar-refractivity contribution in [3.63, 3.8) is 0 Å². The summed E-state index contributed by atoms with van der Waals surface area (Å²) in [5.74, 6) is 0.0507. The standard InChI is InChI=1S/C16H19NO2.C2H2F2O2/c1-19-11-15(17)16(18)10-9-13-7-4-6-12-5-2-3-8-14(12)13;3-2(4)1-6-5/h2-8,15H,9-11,17H2,1H3;1,5H/t15-;/m0./s1. The zero-order valence-corrected chi connectivity index (χ0v) is 13.8. The lowest BCUT2D eigenvalue weighted by Crippen LogP contribution is -2.34. The van der Waals surface area contributed by atoms with Gasteiger partial charge < -0.3 is 15.4 Å². The molecule has 0 saturated heterocycles. The summed E-state index contributed by atoms with van der Waals surface area (Å²) in [7, 11) is 1.55. The molecule has 0 aliphatic carbocycles. The van der Waals surface area contributed by atoms with Crippen LogP contribution < -0.4 is 5.73 Å². The molecule has 0 spiro atoms. The maximum atomic E-state index is 11.8. The van der Waals surface area contributed by atoms with Gasteiger partial charge in [0.2, 0.25) is 0 Å². The van der Waals surface area contributed by atoms with E-state index in [1.165, 1.54) is 16.3 Å². The number of ketones is 1. The first-order valence-electron chi connectivity index (χ1n) is 7.54. The van der Waals surface area contributed by atoms with Crippen LogP contribution in [0.1, 0.15) is 12.0 Å². The Balaban J connectivity index is 0.000000450. The van der Waals surface area contributed by atoms with Gasteiger partial charge in [-0.1, -0.05) is 42.5 Å². The first kappa shape index (κ1) is 20.7. The second-order valence-electron chi connectivity index (χ2n) is 5.18. The third-order valence-electron chi connectivity index (χ3n) is 3.42. The molecule has 0 heterocycles. The fourth-order valence-electron chi connectivity index (χ4n) is 2.27. The molecule has 0 amide bonds. The molecule has 0 unspecified atom stereocenters. The van der Waals surface area contributed by atoms with Crippen LogP contribution in [-0.2, 0) is 20.8 Å². The fraction of sp³-hybridized carbons (Fsp3) is 0.278. The number of nitrogens with two attached hydrogens (primary N) is 1. The van der Waals surface area contributed by atoms with E-state index < -0.39 is 12.1 Å². The van der Waals surface area contributed by atoms with Gasteiger partial charge in [0.05, 0.1) is 12.6 Å². The molecule has 1 atom stereocenters. The number of Topliss-reactive ketones (excluding diaryl/α,β-unsaturated/α-hetero) is 1. The van der Waals surface area contributed by atoms with E-state index in [-0.39, 0.29) is 18.7 Å². The molecule has 25 heavy (non-hydrogen) atoms. The van der Waals surface area contributed by atoms with Crippen LogP contribution in [0.3, 0.4) is 0 Å². The maximum Gasteiger partial charge on any atom is 0.308 e. The largest absolute Gasteiger partial charge is 0.383 e. The Morgan fingerprint density at radius 1 is 1.24 bits per heavy atom. The lowest BCUT2D eigenvalue weighted by molar-refractivity contribution is -0.189. The average Bonchev–Trinajstić information content (AvgIpc) is 2.60. The summed E-state index contributed by atoms with van der Waals surface area (Å²) in [4.78, 5) is 14.7. The van der Waals surface area contributed by atoms with Crippen molar-refractivity contribution in [2.75, 3.05) is 13.7 Å². The Labute approximate surface area is 144 Å². The summed E-state index contributed by atoms with van der Waals surface area (Å²) in [6.07, 6.45) is -0.951. The molecule has 7 heteroatoms. The van der Waals surface area contributed by atoms with Crippen LogP contribution in [0, 0.1) is 0 Å². The Hall–Kier alpha value is -2.35. The first-order valence-corrected chi connectivity index (χ1v) is 7.54. The molecule has 136 valence electrons. The van der Waals surface area contributed by atoms with Crippen molar-refractivity contribution in [1.82, 2.24) is 0 Å². The van der Waals surface area contributed by atoms with Crippen molar-refractivity contribution < 1.29 is 28.5 Å². The number of hydrogen-bond donors (Lipinski definition) is 2. The van der Waals surface area contributed by atoms with Crippen LogP contribution >= 0.6 is 0 Å². The lowest BCUT2D eigenvalue weighted by atomic mass is 9.98. The highest BCUT2D eigenvalue weighted by molar-refractivity contribution is 5.87. The lowest BCUT2D eigenvalue weighted by Gasteiger charge is -2.10. The number of ether oxygens (including phenoxy) is 1. The third-order valence-corrected chi connectivity index (χ3v) is 3.42. The molecular weight excluding hydrogens is 332 g/mol. The second kappa shape index (κ2) is 11.2. The summed E-state index contributed by atoms with van der Waals surface area (Å²) in [6, 6.07) is 13.9. The summed E-state index contributed by atoms with van der Waals surface area (Å²) >= 11 is 0. The summed E-state index contributed by atoms with van der Waals surface area (Å²) in [6.45, 7) is 0.286. The average molecular weight is 353 g/mol. The molecule has 0 saturated carbocycles. The van der Waals surface area contributed by atoms with E-state index in [0.717, 1.165) is 6.42 Å². The maximum absolute atomic E-state index is 11.8. The summed E-state index contributed by atoms with van der Waals surface area (Å²) in [5.41, 5.74) is 6.92. The Morgan fingerprint density at radius 3 is 2.52 bits per heavy atom. The molecule has 2 aromatic rings. The van der Waals surface area contributed by atoms with Gasteiger partial charge in [0.15, 0.2) is 12.0 Å². The van der Waals surface area contributed by atoms with Crippen molar-refractivity contribution in [2.45, 2.75) is 18.9 Å². The van der Waals surface area contributed by atoms with Crippen molar-refractivity contribution in [3.8, 4) is 0 Å². The van der Waals surface area contributed by atoms with Crippen molar-refractivity contribution >= 4 is 16.6 Å². The van der Waals surface area contributed by atoms with Gasteiger partial charge in [-0.3, -0.25) is 4.79 Å². The molecule has 0 radical (unpaired) electrons. The molecule has 0 aliphatic rings. The quantitative estimate of drug-likeness (QED) is 0.452. The van der Waals surface area contributed by atoms with Gasteiger partial charge in [-0.05, 0) is 22.8 Å². The van der Waals surface area contributed by atoms with Crippen LogP contribution in [0.15, 0.2) is 54.8 Å². The molecule has 2 rings (SSSR count). The minimum atomic E-state index is -2.06. The van der Waals surface area contributed by atoms with Crippen LogP contribution in [0.25, 0.3) is 10.8 Å². The van der Waals surface area contributed by atoms with E-state index in [1.54, 1.807) is 7.11 Å². The number of hydrogen-bond acceptors (Lipinski definition) is 5. The molecule has 2 aromatic carbocycles. The molecular formula is C18H21F2NO4. The van der Waals surface area contributed by atoms with Gasteiger partial charge in [0.25, 0.3) is 0 Å². The van der Waals surface area contributed by atoms with Gasteiger partial charge in [-0.15, -0.1) is 0 Å². The van der Waals surface area contributed by atoms with Crippen LogP contribution in [0.2, 0.25) is 0 Å². The monoisotopic (exact) mass is 353 g/mol. The van der Waals surface area contributed by atoms with E-state index in [4.69, 9.17) is 15.7 Å². The number of halogens is 2. The number of aryl methyl sites for hydroxylation is 1. The predicted molar refractivity (Wildman–Crippen MR) is 91.1 cm³/mol. The minimum Gasteiger partial charge on any atom is -0.383 e. The highest BCUT2D eigenvalue weighted by Gasteiger charge is 2.13. The van der Waals surface area contributed by atoms with Gasteiger partial charge in [-0.25, -0.2) is 5.26 Å². The van der Waals surface area contributed by atoms with Crippen molar-refractivity contribution in [1.29, 1.82) is 0 Å². The normalized spacial score (nSPS) is 11.2. The second-order valence-corrected chi connectivity index (χ2v) is 5.18. The van der Waals surface area contributed by atoms with Gasteiger partial charge in [0.1, 0.15) is 0 Å². The number of fused-ring (bicyclic) bond motifs is 1. The summed E-state index contributed by atoms with van der Waals surface area (Å²) in [5, 5.41) is 9.59. The molecule has 5 nitrogen and oxygen atoms in total. The van der Waals surface area contributed by atoms with E-state index in [1.807, 2.05) is 18.2 Å². The summed E-state index contributed by atoms with van der Waals surface area (Å²) < 4.78 is 26.1. The van der Waals surface area contributed by atoms with Gasteiger partial charge >= 0.3 is 6.08 Å². The predicted octanol–water partition coefficient (Wildman–Crippen LogP) is 3.53. The van der Waals surface area contributed by atoms with E-state index in [9.17, 15) is 13.6 Å². The highest BCUT2D eigenvalue weighted by Crippen LogP contribution is 2.19. The SMILES string of the molecule is COC[C@H](N)C(=O)CCc1cccc2ccccc12.OOC=C(F)F. The Morgan fingerprint density at radius 2 is 1.92 bits per heavy atom. The molecule has 0 fully saturated rings. The van der Waals surface area contributed by atoms with Gasteiger partial charge in [0, 0.05) is 13.5 Å². The van der Waals surface area contributed by atoms with Crippen LogP contribution in [0.5, 0.6) is 0 Å². The number of carbonyl (C=O) groups is 1. The minimum absolute atomic E-state index is 0.0507. The zero-order valence-electron chi connectivity index (χ0n) is 13.8. The topological polar surface area (TPSA) is 81.8 Å². The fourth-order valence-corrected chi connectivity index (χ4v) is 2.27. The molecule has 0 bridgehead atoms. The number of rotatable bonds is 7. The first-order chi connectivity index (χ1) is 12.0. The van der Waals surface area contributed by atoms with Crippen molar-refractivity contribution in [3.05, 3.63) is 60.4 Å². The van der Waals surface area contributed by atoms with Gasteiger partial charge in [-0.2, -0.15) is 8.78 Å². The number of methoxy groups -OCH3 is 1. The molecule has 0 aliphatic heterocycles. The van der Waals surface area contributed by atoms with Crippen LogP contribution in [0.4, 0.5) is 8.78 Å². The third kappa shape index (κ3) is 7.38. The van der Waals surface area contributed by atoms with E-state index in [2.05, 4.69) is 29.2 Å². The number of benzene rings is 2. The Bertz CT molecular complexity index is 697. The number of carbonyl (C=O) groups excluding carboxylic acids is 1. The van der Waals surface area contributed by atoms with Crippen LogP contribution in [-0.4, -0.2) is 30.8 Å². The van der Waals surface area contributed by atoms with E-state index >= 15 is 0 Å². The van der Waals surface area contributed by atoms with Crippen molar-refractivity contribution in [2.24, 2.45) is 5.73 Å². The highest BCUT2D eigenvalue weighted by atomic mass is 19.3. The molecule has 3 N–H and O–H groups in total. The zero-order chi connectivity index (χ0) is 18.7. The van der Waals surface area contributed by atoms with E-state index in [0.29, 0.717) is 6.42 Å². The Kier molecular flexibility index (Phi) is 9.31.